The minimum atomic E-state index is -0.483. The van der Waals surface area contributed by atoms with Gasteiger partial charge < -0.3 is 9.64 Å². The zero-order valence-electron chi connectivity index (χ0n) is 14.7. The van der Waals surface area contributed by atoms with Crippen molar-refractivity contribution in [1.82, 2.24) is 4.90 Å². The Morgan fingerprint density at radius 1 is 1.17 bits per heavy atom. The van der Waals surface area contributed by atoms with Crippen LogP contribution in [-0.4, -0.2) is 36.0 Å². The van der Waals surface area contributed by atoms with Gasteiger partial charge in [-0.1, -0.05) is 49.1 Å². The fraction of sp³-hybridized carbons (Fsp3) is 0.500. The van der Waals surface area contributed by atoms with E-state index < -0.39 is 5.97 Å². The smallest absolute Gasteiger partial charge is 0.331 e. The van der Waals surface area contributed by atoms with Gasteiger partial charge in [0.2, 0.25) is 0 Å². The number of amides is 1. The van der Waals surface area contributed by atoms with Crippen LogP contribution in [0, 0.1) is 6.92 Å². The Morgan fingerprint density at radius 2 is 1.83 bits per heavy atom. The molecule has 1 saturated carbocycles. The van der Waals surface area contributed by atoms with E-state index in [4.69, 9.17) is 4.74 Å². The molecule has 1 aliphatic carbocycles. The predicted octanol–water partition coefficient (Wildman–Crippen LogP) is 3.73. The largest absolute Gasteiger partial charge is 0.452 e. The zero-order chi connectivity index (χ0) is 17.4. The number of esters is 1. The summed E-state index contributed by atoms with van der Waals surface area (Å²) in [6, 6.07) is 8.15. The summed E-state index contributed by atoms with van der Waals surface area (Å²) in [5.74, 6) is -0.579. The molecule has 0 N–H and O–H groups in total. The number of likely N-dealkylation sites (N-methyl/N-ethyl adjacent to an activating group) is 1. The maximum absolute atomic E-state index is 12.3. The Labute approximate surface area is 144 Å². The predicted molar refractivity (Wildman–Crippen MR) is 95.4 cm³/mol. The lowest BCUT2D eigenvalue weighted by Crippen LogP contribution is -2.43. The van der Waals surface area contributed by atoms with Crippen molar-refractivity contribution in [1.29, 1.82) is 0 Å². The van der Waals surface area contributed by atoms with E-state index >= 15 is 0 Å². The van der Waals surface area contributed by atoms with Gasteiger partial charge in [0.1, 0.15) is 0 Å². The fourth-order valence-corrected chi connectivity index (χ4v) is 3.14. The van der Waals surface area contributed by atoms with E-state index in [1.807, 2.05) is 43.0 Å². The number of hydrogen-bond donors (Lipinski definition) is 0. The maximum atomic E-state index is 12.3. The second-order valence-electron chi connectivity index (χ2n) is 6.32. The van der Waals surface area contributed by atoms with E-state index in [-0.39, 0.29) is 12.5 Å². The number of ether oxygens (including phenoxy) is 1. The van der Waals surface area contributed by atoms with Crippen LogP contribution in [0.1, 0.15) is 50.2 Å². The highest BCUT2D eigenvalue weighted by atomic mass is 16.5. The van der Waals surface area contributed by atoms with Gasteiger partial charge in [-0.15, -0.1) is 0 Å². The summed E-state index contributed by atoms with van der Waals surface area (Å²) >= 11 is 0. The SMILES string of the molecule is CCN(C(=O)COC(=O)/C=C/c1ccc(C)cc1)C1CCCCC1. The standard InChI is InChI=1S/C20H27NO3/c1-3-21(18-7-5-4-6-8-18)19(22)15-24-20(23)14-13-17-11-9-16(2)10-12-17/h9-14,18H,3-8,15H2,1-2H3/b14-13+. The number of nitrogens with zero attached hydrogens (tertiary/aromatic N) is 1. The van der Waals surface area contributed by atoms with Gasteiger partial charge in [0.05, 0.1) is 0 Å². The molecule has 130 valence electrons. The molecule has 0 heterocycles. The van der Waals surface area contributed by atoms with Gasteiger partial charge in [-0.2, -0.15) is 0 Å². The average molecular weight is 329 g/mol. The number of benzene rings is 1. The van der Waals surface area contributed by atoms with Gasteiger partial charge in [-0.25, -0.2) is 4.79 Å². The van der Waals surface area contributed by atoms with Gasteiger partial charge in [-0.05, 0) is 38.3 Å². The van der Waals surface area contributed by atoms with Crippen molar-refractivity contribution in [2.45, 2.75) is 52.0 Å². The van der Waals surface area contributed by atoms with Crippen molar-refractivity contribution in [3.05, 3.63) is 41.5 Å². The van der Waals surface area contributed by atoms with Crippen molar-refractivity contribution in [2.24, 2.45) is 0 Å². The zero-order valence-corrected chi connectivity index (χ0v) is 14.7. The van der Waals surface area contributed by atoms with E-state index in [0.29, 0.717) is 12.6 Å². The molecule has 24 heavy (non-hydrogen) atoms. The molecule has 0 radical (unpaired) electrons. The summed E-state index contributed by atoms with van der Waals surface area (Å²) in [6.45, 7) is 4.48. The van der Waals surface area contributed by atoms with E-state index in [0.717, 1.165) is 18.4 Å². The second kappa shape index (κ2) is 9.26. The van der Waals surface area contributed by atoms with E-state index in [9.17, 15) is 9.59 Å². The Kier molecular flexibility index (Phi) is 7.04. The minimum absolute atomic E-state index is 0.0958. The Balaban J connectivity index is 1.81. The molecule has 1 aliphatic rings. The van der Waals surface area contributed by atoms with Crippen molar-refractivity contribution in [3.63, 3.8) is 0 Å². The normalized spacial score (nSPS) is 15.4. The fourth-order valence-electron chi connectivity index (χ4n) is 3.14. The van der Waals surface area contributed by atoms with Crippen LogP contribution in [0.5, 0.6) is 0 Å². The molecule has 0 saturated heterocycles. The van der Waals surface area contributed by atoms with Crippen molar-refractivity contribution >= 4 is 18.0 Å². The molecule has 2 rings (SSSR count). The molecule has 0 aromatic heterocycles. The van der Waals surface area contributed by atoms with Crippen LogP contribution in [0.2, 0.25) is 0 Å². The summed E-state index contributed by atoms with van der Waals surface area (Å²) in [6.07, 6.45) is 8.78. The van der Waals surface area contributed by atoms with Crippen molar-refractivity contribution in [2.75, 3.05) is 13.2 Å². The number of hydrogen-bond acceptors (Lipinski definition) is 3. The van der Waals surface area contributed by atoms with Gasteiger partial charge in [0, 0.05) is 18.7 Å². The first-order chi connectivity index (χ1) is 11.6. The number of carbonyl (C=O) groups is 2. The average Bonchev–Trinajstić information content (AvgIpc) is 2.61. The first kappa shape index (κ1) is 18.2. The molecule has 0 atom stereocenters. The molecular weight excluding hydrogens is 302 g/mol. The van der Waals surface area contributed by atoms with Gasteiger partial charge in [0.25, 0.3) is 5.91 Å². The molecule has 4 nitrogen and oxygen atoms in total. The van der Waals surface area contributed by atoms with Crippen LogP contribution in [0.15, 0.2) is 30.3 Å². The second-order valence-corrected chi connectivity index (χ2v) is 6.32. The minimum Gasteiger partial charge on any atom is -0.452 e. The number of aryl methyl sites for hydroxylation is 1. The molecule has 0 aliphatic heterocycles. The van der Waals surface area contributed by atoms with E-state index in [1.54, 1.807) is 6.08 Å². The molecule has 4 heteroatoms. The molecule has 0 unspecified atom stereocenters. The molecular formula is C20H27NO3. The lowest BCUT2D eigenvalue weighted by molar-refractivity contribution is -0.149. The highest BCUT2D eigenvalue weighted by Gasteiger charge is 2.24. The highest BCUT2D eigenvalue weighted by Crippen LogP contribution is 2.22. The van der Waals surface area contributed by atoms with Crippen LogP contribution in [0.4, 0.5) is 0 Å². The Hall–Kier alpha value is -2.10. The molecule has 0 spiro atoms. The van der Waals surface area contributed by atoms with Crippen LogP contribution >= 0.6 is 0 Å². The van der Waals surface area contributed by atoms with Gasteiger partial charge in [-0.3, -0.25) is 4.79 Å². The highest BCUT2D eigenvalue weighted by molar-refractivity contribution is 5.89. The van der Waals surface area contributed by atoms with Crippen LogP contribution in [0.25, 0.3) is 6.08 Å². The topological polar surface area (TPSA) is 46.6 Å². The monoisotopic (exact) mass is 329 g/mol. The Bertz CT molecular complexity index is 571. The maximum Gasteiger partial charge on any atom is 0.331 e. The van der Waals surface area contributed by atoms with E-state index in [1.165, 1.54) is 30.9 Å². The number of rotatable bonds is 6. The summed E-state index contributed by atoms with van der Waals surface area (Å²) < 4.78 is 5.11. The van der Waals surface area contributed by atoms with Crippen LogP contribution in [0.3, 0.4) is 0 Å². The summed E-state index contributed by atoms with van der Waals surface area (Å²) in [4.78, 5) is 26.0. The quantitative estimate of drug-likeness (QED) is 0.590. The van der Waals surface area contributed by atoms with E-state index in [2.05, 4.69) is 0 Å². The summed E-state index contributed by atoms with van der Waals surface area (Å²) in [5.41, 5.74) is 2.10. The van der Waals surface area contributed by atoms with Crippen LogP contribution < -0.4 is 0 Å². The third kappa shape index (κ3) is 5.52. The first-order valence-corrected chi connectivity index (χ1v) is 8.81. The molecule has 0 bridgehead atoms. The lowest BCUT2D eigenvalue weighted by atomic mass is 9.94. The number of carbonyl (C=O) groups excluding carboxylic acids is 2. The molecule has 1 fully saturated rings. The first-order valence-electron chi connectivity index (χ1n) is 8.81. The third-order valence-electron chi connectivity index (χ3n) is 4.50. The summed E-state index contributed by atoms with van der Waals surface area (Å²) in [5, 5.41) is 0. The molecule has 1 aromatic carbocycles. The summed E-state index contributed by atoms with van der Waals surface area (Å²) in [7, 11) is 0. The van der Waals surface area contributed by atoms with Crippen molar-refractivity contribution < 1.29 is 14.3 Å². The Morgan fingerprint density at radius 3 is 2.46 bits per heavy atom. The van der Waals surface area contributed by atoms with Crippen molar-refractivity contribution in [3.8, 4) is 0 Å². The third-order valence-corrected chi connectivity index (χ3v) is 4.50. The molecule has 1 aromatic rings. The van der Waals surface area contributed by atoms with Gasteiger partial charge >= 0.3 is 5.97 Å². The lowest BCUT2D eigenvalue weighted by Gasteiger charge is -2.33. The van der Waals surface area contributed by atoms with Crippen LogP contribution in [-0.2, 0) is 14.3 Å². The molecule has 1 amide bonds. The van der Waals surface area contributed by atoms with Gasteiger partial charge in [0.15, 0.2) is 6.61 Å².